The van der Waals surface area contributed by atoms with Gasteiger partial charge in [0.25, 0.3) is 5.56 Å². The first-order valence-electron chi connectivity index (χ1n) is 12.8. The highest BCUT2D eigenvalue weighted by Gasteiger charge is 2.35. The Morgan fingerprint density at radius 3 is 2.54 bits per heavy atom. The Hall–Kier alpha value is -3.89. The molecule has 204 valence electrons. The van der Waals surface area contributed by atoms with Gasteiger partial charge in [0.2, 0.25) is 0 Å². The van der Waals surface area contributed by atoms with E-state index in [0.29, 0.717) is 37.7 Å². The van der Waals surface area contributed by atoms with Crippen molar-refractivity contribution < 1.29 is 23.7 Å². The topological polar surface area (TPSA) is 91.6 Å². The molecule has 2 aromatic carbocycles. The molecule has 0 saturated carbocycles. The van der Waals surface area contributed by atoms with E-state index in [2.05, 4.69) is 22.0 Å². The number of ether oxygens (including phenoxy) is 4. The van der Waals surface area contributed by atoms with Crippen LogP contribution in [0.25, 0.3) is 6.08 Å². The van der Waals surface area contributed by atoms with Crippen molar-refractivity contribution in [1.82, 2.24) is 4.57 Å². The van der Waals surface area contributed by atoms with Crippen LogP contribution in [0.2, 0.25) is 0 Å². The fourth-order valence-electron chi connectivity index (χ4n) is 4.88. The molecule has 39 heavy (non-hydrogen) atoms. The number of nitrogens with zero attached hydrogens (tertiary/aromatic N) is 3. The highest BCUT2D eigenvalue weighted by Crippen LogP contribution is 2.37. The molecular formula is C29H31N3O6S. The average molecular weight is 550 g/mol. The molecule has 0 radical (unpaired) electrons. The summed E-state index contributed by atoms with van der Waals surface area (Å²) in [6.45, 7) is 6.86. The summed E-state index contributed by atoms with van der Waals surface area (Å²) in [6, 6.07) is 12.7. The first kappa shape index (κ1) is 26.7. The zero-order chi connectivity index (χ0) is 27.5. The molecule has 1 atom stereocenters. The van der Waals surface area contributed by atoms with Gasteiger partial charge >= 0.3 is 5.97 Å². The van der Waals surface area contributed by atoms with Gasteiger partial charge in [-0.25, -0.2) is 9.79 Å². The van der Waals surface area contributed by atoms with Crippen molar-refractivity contribution in [3.8, 4) is 11.5 Å². The number of carbonyl (C=O) groups is 1. The maximum atomic E-state index is 13.9. The fraction of sp³-hybridized carbons (Fsp3) is 0.345. The predicted molar refractivity (Wildman–Crippen MR) is 149 cm³/mol. The Labute approximate surface area is 230 Å². The molecule has 0 spiro atoms. The third-order valence-corrected chi connectivity index (χ3v) is 7.80. The van der Waals surface area contributed by atoms with Crippen LogP contribution in [0.5, 0.6) is 11.5 Å². The van der Waals surface area contributed by atoms with Crippen LogP contribution in [-0.2, 0) is 14.3 Å². The summed E-state index contributed by atoms with van der Waals surface area (Å²) in [5, 5.41) is 0. The maximum Gasteiger partial charge on any atom is 0.338 e. The van der Waals surface area contributed by atoms with Gasteiger partial charge in [-0.15, -0.1) is 0 Å². The monoisotopic (exact) mass is 549 g/mol. The SMILES string of the molecule is CCOC(=O)C1=C(C)N=c2s/c(=C/c3ccc(N4CCOCC4)cc3)c(=O)n2[C@@H]1c1ccc(OC)cc1OC. The Kier molecular flexibility index (Phi) is 7.85. The number of hydrogen-bond donors (Lipinski definition) is 0. The summed E-state index contributed by atoms with van der Waals surface area (Å²) in [5.74, 6) is 0.570. The lowest BCUT2D eigenvalue weighted by Crippen LogP contribution is -2.40. The number of hydrogen-bond acceptors (Lipinski definition) is 9. The minimum absolute atomic E-state index is 0.201. The molecule has 0 amide bonds. The van der Waals surface area contributed by atoms with Gasteiger partial charge in [0, 0.05) is 30.4 Å². The van der Waals surface area contributed by atoms with Crippen LogP contribution in [-0.4, -0.2) is 57.7 Å². The van der Waals surface area contributed by atoms with E-state index in [-0.39, 0.29) is 12.2 Å². The summed E-state index contributed by atoms with van der Waals surface area (Å²) < 4.78 is 23.9. The van der Waals surface area contributed by atoms with E-state index in [1.165, 1.54) is 11.3 Å². The standard InChI is InChI=1S/C29H31N3O6S/c1-5-38-28(34)25-18(2)30-29-32(26(25)22-11-10-21(35-3)17-23(22)36-4)27(33)24(39-29)16-19-6-8-20(9-7-19)31-12-14-37-15-13-31/h6-11,16-17,26H,5,12-15H2,1-4H3/b24-16+/t26-/m1/s1. The summed E-state index contributed by atoms with van der Waals surface area (Å²) >= 11 is 1.29. The van der Waals surface area contributed by atoms with E-state index in [9.17, 15) is 9.59 Å². The van der Waals surface area contributed by atoms with Gasteiger partial charge in [-0.1, -0.05) is 23.5 Å². The van der Waals surface area contributed by atoms with Gasteiger partial charge in [0.05, 0.1) is 49.8 Å². The highest BCUT2D eigenvalue weighted by molar-refractivity contribution is 7.07. The third kappa shape index (κ3) is 5.22. The van der Waals surface area contributed by atoms with E-state index in [1.807, 2.05) is 24.3 Å². The van der Waals surface area contributed by atoms with Crippen molar-refractivity contribution in [2.45, 2.75) is 19.9 Å². The Bertz CT molecular complexity index is 1580. The van der Waals surface area contributed by atoms with Crippen molar-refractivity contribution in [3.63, 3.8) is 0 Å². The van der Waals surface area contributed by atoms with Crippen LogP contribution in [0.1, 0.15) is 31.0 Å². The van der Waals surface area contributed by atoms with Gasteiger partial charge in [-0.3, -0.25) is 9.36 Å². The fourth-order valence-corrected chi connectivity index (χ4v) is 5.93. The number of morpholine rings is 1. The van der Waals surface area contributed by atoms with Crippen molar-refractivity contribution in [2.24, 2.45) is 4.99 Å². The maximum absolute atomic E-state index is 13.9. The van der Waals surface area contributed by atoms with Crippen molar-refractivity contribution >= 4 is 29.1 Å². The Morgan fingerprint density at radius 2 is 1.87 bits per heavy atom. The van der Waals surface area contributed by atoms with E-state index >= 15 is 0 Å². The zero-order valence-corrected chi connectivity index (χ0v) is 23.2. The number of benzene rings is 2. The summed E-state index contributed by atoms with van der Waals surface area (Å²) in [5.41, 5.74) is 3.22. The summed E-state index contributed by atoms with van der Waals surface area (Å²) in [7, 11) is 3.11. The molecule has 2 aliphatic heterocycles. The number of methoxy groups -OCH3 is 2. The number of fused-ring (bicyclic) bond motifs is 1. The molecule has 3 heterocycles. The molecule has 0 aliphatic carbocycles. The molecule has 0 bridgehead atoms. The lowest BCUT2D eigenvalue weighted by Gasteiger charge is -2.28. The Balaban J connectivity index is 1.62. The second kappa shape index (κ2) is 11.5. The zero-order valence-electron chi connectivity index (χ0n) is 22.4. The van der Waals surface area contributed by atoms with Crippen LogP contribution in [0.4, 0.5) is 5.69 Å². The molecular weight excluding hydrogens is 518 g/mol. The van der Waals surface area contributed by atoms with E-state index in [0.717, 1.165) is 37.6 Å². The first-order valence-corrected chi connectivity index (χ1v) is 13.6. The lowest BCUT2D eigenvalue weighted by atomic mass is 9.95. The molecule has 9 nitrogen and oxygen atoms in total. The van der Waals surface area contributed by atoms with E-state index in [4.69, 9.17) is 18.9 Å². The highest BCUT2D eigenvalue weighted by atomic mass is 32.1. The molecule has 0 N–H and O–H groups in total. The predicted octanol–water partition coefficient (Wildman–Crippen LogP) is 2.65. The van der Waals surface area contributed by atoms with Crippen LogP contribution in [0.3, 0.4) is 0 Å². The van der Waals surface area contributed by atoms with Gasteiger partial charge in [-0.2, -0.15) is 0 Å². The largest absolute Gasteiger partial charge is 0.497 e. The second-order valence-corrected chi connectivity index (χ2v) is 10.1. The molecule has 0 unspecified atom stereocenters. The number of thiazole rings is 1. The molecule has 1 aromatic heterocycles. The third-order valence-electron chi connectivity index (χ3n) is 6.82. The van der Waals surface area contributed by atoms with Gasteiger partial charge in [0.1, 0.15) is 17.5 Å². The molecule has 5 rings (SSSR count). The lowest BCUT2D eigenvalue weighted by molar-refractivity contribution is -0.139. The van der Waals surface area contributed by atoms with Crippen LogP contribution in [0.15, 0.2) is 63.5 Å². The number of allylic oxidation sites excluding steroid dienone is 1. The minimum atomic E-state index is -0.771. The van der Waals surface area contributed by atoms with Crippen molar-refractivity contribution in [3.05, 3.63) is 84.5 Å². The number of anilines is 1. The smallest absolute Gasteiger partial charge is 0.338 e. The molecule has 1 saturated heterocycles. The minimum Gasteiger partial charge on any atom is -0.497 e. The Morgan fingerprint density at radius 1 is 1.13 bits per heavy atom. The normalized spacial score (nSPS) is 17.5. The average Bonchev–Trinajstić information content (AvgIpc) is 3.26. The van der Waals surface area contributed by atoms with Crippen LogP contribution in [0, 0.1) is 0 Å². The van der Waals surface area contributed by atoms with Gasteiger partial charge < -0.3 is 23.8 Å². The molecule has 10 heteroatoms. The van der Waals surface area contributed by atoms with E-state index in [1.54, 1.807) is 44.8 Å². The number of rotatable bonds is 7. The van der Waals surface area contributed by atoms with Crippen molar-refractivity contribution in [1.29, 1.82) is 0 Å². The first-order chi connectivity index (χ1) is 18.9. The number of aromatic nitrogens is 1. The number of esters is 1. The summed E-state index contributed by atoms with van der Waals surface area (Å²) in [4.78, 5) is 34.5. The number of carbonyl (C=O) groups excluding carboxylic acids is 1. The molecule has 3 aromatic rings. The van der Waals surface area contributed by atoms with E-state index < -0.39 is 12.0 Å². The van der Waals surface area contributed by atoms with Gasteiger partial charge in [0.15, 0.2) is 4.80 Å². The quantitative estimate of drug-likeness (QED) is 0.419. The molecule has 1 fully saturated rings. The van der Waals surface area contributed by atoms with Crippen LogP contribution >= 0.6 is 11.3 Å². The van der Waals surface area contributed by atoms with Crippen molar-refractivity contribution in [2.75, 3.05) is 52.0 Å². The second-order valence-electron chi connectivity index (χ2n) is 9.10. The molecule has 2 aliphatic rings. The summed E-state index contributed by atoms with van der Waals surface area (Å²) in [6.07, 6.45) is 1.86. The van der Waals surface area contributed by atoms with Gasteiger partial charge in [-0.05, 0) is 49.8 Å². The van der Waals surface area contributed by atoms with Crippen LogP contribution < -0.4 is 29.3 Å².